The molecule has 0 radical (unpaired) electrons. The van der Waals surface area contributed by atoms with Gasteiger partial charge in [0.05, 0.1) is 11.6 Å². The van der Waals surface area contributed by atoms with E-state index in [4.69, 9.17) is 22.1 Å². The minimum atomic E-state index is 0. The Bertz CT molecular complexity index is 563. The summed E-state index contributed by atoms with van der Waals surface area (Å²) in [7, 11) is 0. The van der Waals surface area contributed by atoms with E-state index in [-0.39, 0.29) is 24.0 Å². The fraction of sp³-hybridized carbons (Fsp3) is 0.143. The maximum Gasteiger partial charge on any atom is 0.213 e. The standard InChI is InChI=1S/C14H15ClN4O.HI/c15-11-6-7-13(18-10-11)20-9-8-17-14(16)19-12-4-2-1-3-5-12;/h1-7,10H,8-9H2,(H3,16,17,19);1H. The number of hydrogen-bond donors (Lipinski definition) is 2. The minimum Gasteiger partial charge on any atom is -0.476 e. The number of pyridine rings is 1. The van der Waals surface area contributed by atoms with Crippen molar-refractivity contribution in [1.29, 1.82) is 0 Å². The Morgan fingerprint density at radius 1 is 1.24 bits per heavy atom. The van der Waals surface area contributed by atoms with Gasteiger partial charge in [-0.3, -0.25) is 0 Å². The quantitative estimate of drug-likeness (QED) is 0.339. The number of aliphatic imine (C=N–C) groups is 1. The molecule has 0 unspecified atom stereocenters. The highest BCUT2D eigenvalue weighted by Gasteiger charge is 1.96. The number of hydrogen-bond acceptors (Lipinski definition) is 3. The van der Waals surface area contributed by atoms with Gasteiger partial charge in [-0.05, 0) is 18.2 Å². The lowest BCUT2D eigenvalue weighted by Gasteiger charge is -2.06. The zero-order chi connectivity index (χ0) is 14.2. The molecule has 0 atom stereocenters. The third-order valence-electron chi connectivity index (χ3n) is 2.37. The van der Waals surface area contributed by atoms with Crippen molar-refractivity contribution in [2.45, 2.75) is 0 Å². The highest BCUT2D eigenvalue weighted by Crippen LogP contribution is 2.11. The summed E-state index contributed by atoms with van der Waals surface area (Å²) in [6.45, 7) is 0.835. The molecule has 1 aromatic heterocycles. The predicted molar refractivity (Wildman–Crippen MR) is 96.7 cm³/mol. The third-order valence-corrected chi connectivity index (χ3v) is 2.59. The average molecular weight is 419 g/mol. The lowest BCUT2D eigenvalue weighted by molar-refractivity contribution is 0.316. The summed E-state index contributed by atoms with van der Waals surface area (Å²) in [5.41, 5.74) is 6.65. The molecule has 2 aromatic rings. The molecule has 112 valence electrons. The van der Waals surface area contributed by atoms with Crippen LogP contribution in [0.5, 0.6) is 5.88 Å². The molecular formula is C14H16ClIN4O. The second-order valence-electron chi connectivity index (χ2n) is 3.92. The summed E-state index contributed by atoms with van der Waals surface area (Å²) in [4.78, 5) is 8.17. The molecule has 2 rings (SSSR count). The van der Waals surface area contributed by atoms with Gasteiger partial charge in [0.25, 0.3) is 0 Å². The van der Waals surface area contributed by atoms with Crippen LogP contribution in [0, 0.1) is 0 Å². The number of nitrogens with one attached hydrogen (secondary N) is 1. The van der Waals surface area contributed by atoms with Crippen molar-refractivity contribution in [3.63, 3.8) is 0 Å². The molecule has 0 spiro atoms. The van der Waals surface area contributed by atoms with Gasteiger partial charge in [-0.15, -0.1) is 24.0 Å². The molecule has 0 bridgehead atoms. The zero-order valence-corrected chi connectivity index (χ0v) is 14.3. The topological polar surface area (TPSA) is 72.5 Å². The van der Waals surface area contributed by atoms with Crippen molar-refractivity contribution in [1.82, 2.24) is 4.98 Å². The summed E-state index contributed by atoms with van der Waals surface area (Å²) < 4.78 is 5.40. The Morgan fingerprint density at radius 3 is 2.67 bits per heavy atom. The second-order valence-corrected chi connectivity index (χ2v) is 4.36. The summed E-state index contributed by atoms with van der Waals surface area (Å²) in [5.74, 6) is 0.864. The van der Waals surface area contributed by atoms with Gasteiger partial charge >= 0.3 is 0 Å². The molecule has 1 heterocycles. The minimum absolute atomic E-state index is 0. The van der Waals surface area contributed by atoms with Gasteiger partial charge in [-0.25, -0.2) is 9.98 Å². The normalized spacial score (nSPS) is 10.6. The Labute approximate surface area is 145 Å². The summed E-state index contributed by atoms with van der Waals surface area (Å²) >= 11 is 5.73. The van der Waals surface area contributed by atoms with Crippen molar-refractivity contribution < 1.29 is 4.74 Å². The summed E-state index contributed by atoms with van der Waals surface area (Å²) in [6.07, 6.45) is 1.53. The molecule has 0 fully saturated rings. The highest BCUT2D eigenvalue weighted by molar-refractivity contribution is 14.0. The number of anilines is 1. The first-order valence-corrected chi connectivity index (χ1v) is 6.48. The molecule has 0 aliphatic heterocycles. The number of ether oxygens (including phenoxy) is 1. The van der Waals surface area contributed by atoms with Crippen molar-refractivity contribution in [2.24, 2.45) is 10.7 Å². The average Bonchev–Trinajstić information content (AvgIpc) is 2.46. The number of halogens is 2. The van der Waals surface area contributed by atoms with E-state index < -0.39 is 0 Å². The molecule has 21 heavy (non-hydrogen) atoms. The number of guanidine groups is 1. The first-order chi connectivity index (χ1) is 9.74. The van der Waals surface area contributed by atoms with E-state index in [0.29, 0.717) is 30.0 Å². The number of aromatic nitrogens is 1. The molecule has 1 aromatic carbocycles. The number of rotatable bonds is 5. The molecule has 3 N–H and O–H groups in total. The van der Waals surface area contributed by atoms with Gasteiger partial charge < -0.3 is 15.8 Å². The Balaban J connectivity index is 0.00000220. The van der Waals surface area contributed by atoms with Crippen LogP contribution in [0.4, 0.5) is 5.69 Å². The predicted octanol–water partition coefficient (Wildman–Crippen LogP) is 3.16. The van der Waals surface area contributed by atoms with E-state index in [1.807, 2.05) is 30.3 Å². The van der Waals surface area contributed by atoms with Crippen LogP contribution in [0.3, 0.4) is 0 Å². The molecule has 0 saturated heterocycles. The Kier molecular flexibility index (Phi) is 7.84. The number of nitrogens with two attached hydrogens (primary N) is 1. The molecule has 7 heteroatoms. The molecule has 5 nitrogen and oxygen atoms in total. The van der Waals surface area contributed by atoms with E-state index >= 15 is 0 Å². The maximum absolute atomic E-state index is 5.76. The van der Waals surface area contributed by atoms with E-state index in [0.717, 1.165) is 5.69 Å². The van der Waals surface area contributed by atoms with Gasteiger partial charge in [-0.1, -0.05) is 29.8 Å². The maximum atomic E-state index is 5.76. The van der Waals surface area contributed by atoms with Gasteiger partial charge in [0.15, 0.2) is 5.96 Å². The first-order valence-electron chi connectivity index (χ1n) is 6.10. The fourth-order valence-electron chi connectivity index (χ4n) is 1.47. The Morgan fingerprint density at radius 2 is 2.00 bits per heavy atom. The fourth-order valence-corrected chi connectivity index (χ4v) is 1.58. The van der Waals surface area contributed by atoms with Gasteiger partial charge in [-0.2, -0.15) is 0 Å². The lowest BCUT2D eigenvalue weighted by Crippen LogP contribution is -2.23. The van der Waals surface area contributed by atoms with Crippen molar-refractivity contribution in [2.75, 3.05) is 18.5 Å². The second kappa shape index (κ2) is 9.41. The zero-order valence-electron chi connectivity index (χ0n) is 11.2. The van der Waals surface area contributed by atoms with Crippen LogP contribution < -0.4 is 15.8 Å². The third kappa shape index (κ3) is 6.63. The van der Waals surface area contributed by atoms with Crippen molar-refractivity contribution in [3.8, 4) is 5.88 Å². The number of benzene rings is 1. The molecular weight excluding hydrogens is 403 g/mol. The van der Waals surface area contributed by atoms with Crippen LogP contribution in [0.1, 0.15) is 0 Å². The van der Waals surface area contributed by atoms with Crippen LogP contribution >= 0.6 is 35.6 Å². The molecule has 0 saturated carbocycles. The van der Waals surface area contributed by atoms with E-state index in [1.165, 1.54) is 6.20 Å². The van der Waals surface area contributed by atoms with Crippen LogP contribution in [-0.4, -0.2) is 24.1 Å². The monoisotopic (exact) mass is 418 g/mol. The lowest BCUT2D eigenvalue weighted by atomic mass is 10.3. The number of nitrogens with zero attached hydrogens (tertiary/aromatic N) is 2. The van der Waals surface area contributed by atoms with Crippen LogP contribution in [-0.2, 0) is 0 Å². The van der Waals surface area contributed by atoms with Gasteiger partial charge in [0, 0.05) is 18.0 Å². The smallest absolute Gasteiger partial charge is 0.213 e. The van der Waals surface area contributed by atoms with Crippen molar-refractivity contribution >= 4 is 47.2 Å². The van der Waals surface area contributed by atoms with Crippen molar-refractivity contribution in [3.05, 3.63) is 53.7 Å². The SMILES string of the molecule is I.NC(=NCCOc1ccc(Cl)cn1)Nc1ccccc1. The van der Waals surface area contributed by atoms with E-state index in [9.17, 15) is 0 Å². The first kappa shape index (κ1) is 17.5. The van der Waals surface area contributed by atoms with E-state index in [2.05, 4.69) is 15.3 Å². The van der Waals surface area contributed by atoms with E-state index in [1.54, 1.807) is 12.1 Å². The summed E-state index contributed by atoms with van der Waals surface area (Å²) in [5, 5.41) is 3.56. The highest BCUT2D eigenvalue weighted by atomic mass is 127. The molecule has 0 amide bonds. The van der Waals surface area contributed by atoms with Crippen LogP contribution in [0.2, 0.25) is 5.02 Å². The van der Waals surface area contributed by atoms with Gasteiger partial charge in [0.1, 0.15) is 6.61 Å². The van der Waals surface area contributed by atoms with Crippen LogP contribution in [0.25, 0.3) is 0 Å². The summed E-state index contributed by atoms with van der Waals surface area (Å²) in [6, 6.07) is 13.0. The molecule has 0 aliphatic carbocycles. The molecule has 0 aliphatic rings. The number of para-hydroxylation sites is 1. The van der Waals surface area contributed by atoms with Crippen LogP contribution in [0.15, 0.2) is 53.7 Å². The van der Waals surface area contributed by atoms with Gasteiger partial charge in [0.2, 0.25) is 5.88 Å². The Hall–Kier alpha value is -1.54. The largest absolute Gasteiger partial charge is 0.476 e.